The topological polar surface area (TPSA) is 64.0 Å². The summed E-state index contributed by atoms with van der Waals surface area (Å²) in [6.07, 6.45) is 9.51. The van der Waals surface area contributed by atoms with Crippen LogP contribution in [0.15, 0.2) is 18.7 Å². The lowest BCUT2D eigenvalue weighted by Crippen LogP contribution is -2.41. The maximum Gasteiger partial charge on any atom is 0.151 e. The number of hydrogen-bond donors (Lipinski definition) is 1. The predicted octanol–water partition coefficient (Wildman–Crippen LogP) is 0.438. The smallest absolute Gasteiger partial charge is 0.151 e. The van der Waals surface area contributed by atoms with Crippen LogP contribution in [0.2, 0.25) is 0 Å². The molecule has 0 aliphatic heterocycles. The molecular formula is C11H19N3O2S. The molecule has 0 spiro atoms. The van der Waals surface area contributed by atoms with Gasteiger partial charge >= 0.3 is 0 Å². The van der Waals surface area contributed by atoms with Gasteiger partial charge in [0.25, 0.3) is 0 Å². The van der Waals surface area contributed by atoms with E-state index < -0.39 is 9.84 Å². The van der Waals surface area contributed by atoms with Crippen LogP contribution < -0.4 is 5.32 Å². The van der Waals surface area contributed by atoms with Crippen molar-refractivity contribution in [2.45, 2.75) is 37.1 Å². The minimum atomic E-state index is -2.92. The molecule has 5 nitrogen and oxygen atoms in total. The third kappa shape index (κ3) is 3.29. The van der Waals surface area contributed by atoms with Gasteiger partial charge in [-0.15, -0.1) is 0 Å². The number of aromatic nitrogens is 2. The fourth-order valence-corrected chi connectivity index (χ4v) is 3.89. The first-order chi connectivity index (χ1) is 8.07. The van der Waals surface area contributed by atoms with Crippen LogP contribution in [0.5, 0.6) is 0 Å². The highest BCUT2D eigenvalue weighted by atomic mass is 32.2. The molecule has 96 valence electrons. The van der Waals surface area contributed by atoms with Crippen molar-refractivity contribution in [3.05, 3.63) is 18.7 Å². The maximum atomic E-state index is 11.6. The van der Waals surface area contributed by atoms with Gasteiger partial charge in [-0.3, -0.25) is 0 Å². The molecule has 0 saturated heterocycles. The highest BCUT2D eigenvalue weighted by Crippen LogP contribution is 2.24. The lowest BCUT2D eigenvalue weighted by Gasteiger charge is -2.19. The minimum Gasteiger partial charge on any atom is -0.336 e. The van der Waals surface area contributed by atoms with Gasteiger partial charge < -0.3 is 9.88 Å². The van der Waals surface area contributed by atoms with E-state index in [1.54, 1.807) is 12.5 Å². The number of hydrogen-bond acceptors (Lipinski definition) is 4. The van der Waals surface area contributed by atoms with Crippen LogP contribution in [0, 0.1) is 0 Å². The first-order valence-corrected chi connectivity index (χ1v) is 7.91. The Labute approximate surface area is 102 Å². The molecule has 1 N–H and O–H groups in total. The van der Waals surface area contributed by atoms with Gasteiger partial charge in [-0.05, 0) is 12.8 Å². The number of rotatable bonds is 5. The Balaban J connectivity index is 1.82. The summed E-state index contributed by atoms with van der Waals surface area (Å²) in [5.41, 5.74) is 0. The Bertz CT molecular complexity index is 441. The van der Waals surface area contributed by atoms with Gasteiger partial charge in [0.15, 0.2) is 9.84 Å². The van der Waals surface area contributed by atoms with Crippen molar-refractivity contribution in [3.8, 4) is 0 Å². The van der Waals surface area contributed by atoms with Crippen molar-refractivity contribution in [3.63, 3.8) is 0 Å². The largest absolute Gasteiger partial charge is 0.336 e. The van der Waals surface area contributed by atoms with E-state index in [-0.39, 0.29) is 11.3 Å². The zero-order chi connectivity index (χ0) is 12.3. The normalized spacial score (nSPS) is 25.2. The quantitative estimate of drug-likeness (QED) is 0.831. The van der Waals surface area contributed by atoms with Crippen molar-refractivity contribution in [1.82, 2.24) is 14.9 Å². The van der Waals surface area contributed by atoms with Crippen molar-refractivity contribution in [2.24, 2.45) is 0 Å². The van der Waals surface area contributed by atoms with Crippen LogP contribution in [-0.4, -0.2) is 42.1 Å². The van der Waals surface area contributed by atoms with E-state index in [1.165, 1.54) is 6.26 Å². The van der Waals surface area contributed by atoms with Crippen molar-refractivity contribution in [2.75, 3.05) is 12.8 Å². The van der Waals surface area contributed by atoms with Gasteiger partial charge in [-0.25, -0.2) is 13.4 Å². The molecule has 0 radical (unpaired) electrons. The molecular weight excluding hydrogens is 238 g/mol. The molecule has 2 atom stereocenters. The molecule has 1 aliphatic rings. The SMILES string of the molecule is CS(=O)(=O)C1CCCC1NCCn1ccnc1. The summed E-state index contributed by atoms with van der Waals surface area (Å²) in [5.74, 6) is 0. The predicted molar refractivity (Wildman–Crippen MR) is 66.5 cm³/mol. The summed E-state index contributed by atoms with van der Waals surface area (Å²) < 4.78 is 25.1. The second-order valence-electron chi connectivity index (χ2n) is 4.66. The summed E-state index contributed by atoms with van der Waals surface area (Å²) in [6, 6.07) is 0.119. The van der Waals surface area contributed by atoms with Crippen LogP contribution in [0.3, 0.4) is 0 Å². The van der Waals surface area contributed by atoms with Crippen LogP contribution in [0.1, 0.15) is 19.3 Å². The van der Waals surface area contributed by atoms with Crippen LogP contribution in [-0.2, 0) is 16.4 Å². The summed E-state index contributed by atoms with van der Waals surface area (Å²) in [6.45, 7) is 1.61. The Morgan fingerprint density at radius 2 is 2.29 bits per heavy atom. The average molecular weight is 257 g/mol. The van der Waals surface area contributed by atoms with E-state index in [2.05, 4.69) is 10.3 Å². The van der Waals surface area contributed by atoms with Gasteiger partial charge in [0.2, 0.25) is 0 Å². The van der Waals surface area contributed by atoms with E-state index in [9.17, 15) is 8.42 Å². The van der Waals surface area contributed by atoms with E-state index >= 15 is 0 Å². The molecule has 1 aromatic rings. The summed E-state index contributed by atoms with van der Waals surface area (Å²) in [7, 11) is -2.92. The van der Waals surface area contributed by atoms with Crippen LogP contribution in [0.4, 0.5) is 0 Å². The van der Waals surface area contributed by atoms with E-state index in [0.717, 1.165) is 32.4 Å². The molecule has 2 rings (SSSR count). The number of nitrogens with one attached hydrogen (secondary N) is 1. The standard InChI is InChI=1S/C11H19N3O2S/c1-17(15,16)11-4-2-3-10(11)13-6-8-14-7-5-12-9-14/h5,7,9-11,13H,2-4,6,8H2,1H3. The minimum absolute atomic E-state index is 0.119. The first-order valence-electron chi connectivity index (χ1n) is 5.95. The molecule has 0 aromatic carbocycles. The molecule has 0 bridgehead atoms. The van der Waals surface area contributed by atoms with E-state index in [1.807, 2.05) is 10.8 Å². The van der Waals surface area contributed by atoms with Crippen LogP contribution in [0.25, 0.3) is 0 Å². The van der Waals surface area contributed by atoms with Gasteiger partial charge in [0.05, 0.1) is 11.6 Å². The summed E-state index contributed by atoms with van der Waals surface area (Å²) in [5, 5.41) is 3.15. The van der Waals surface area contributed by atoms with E-state index in [0.29, 0.717) is 0 Å². The van der Waals surface area contributed by atoms with Gasteiger partial charge in [0, 0.05) is 37.8 Å². The Morgan fingerprint density at radius 1 is 1.47 bits per heavy atom. The number of nitrogens with zero attached hydrogens (tertiary/aromatic N) is 2. The van der Waals surface area contributed by atoms with Gasteiger partial charge in [-0.2, -0.15) is 0 Å². The zero-order valence-corrected chi connectivity index (χ0v) is 10.9. The highest BCUT2D eigenvalue weighted by molar-refractivity contribution is 7.91. The molecule has 1 fully saturated rings. The molecule has 6 heteroatoms. The fraction of sp³-hybridized carbons (Fsp3) is 0.727. The molecule has 17 heavy (non-hydrogen) atoms. The van der Waals surface area contributed by atoms with Crippen molar-refractivity contribution < 1.29 is 8.42 Å². The monoisotopic (exact) mass is 257 g/mol. The average Bonchev–Trinajstić information content (AvgIpc) is 2.86. The molecule has 0 amide bonds. The lowest BCUT2D eigenvalue weighted by atomic mass is 10.2. The lowest BCUT2D eigenvalue weighted by molar-refractivity contribution is 0.487. The van der Waals surface area contributed by atoms with Crippen molar-refractivity contribution in [1.29, 1.82) is 0 Å². The second-order valence-corrected chi connectivity index (χ2v) is 6.92. The molecule has 1 heterocycles. The number of imidazole rings is 1. The Hall–Kier alpha value is -0.880. The molecule has 2 unspecified atom stereocenters. The third-order valence-electron chi connectivity index (χ3n) is 3.34. The van der Waals surface area contributed by atoms with Gasteiger partial charge in [0.1, 0.15) is 0 Å². The third-order valence-corrected chi connectivity index (χ3v) is 5.00. The summed E-state index contributed by atoms with van der Waals surface area (Å²) >= 11 is 0. The first kappa shape index (κ1) is 12.6. The Kier molecular flexibility index (Phi) is 3.83. The number of sulfone groups is 1. The van der Waals surface area contributed by atoms with Crippen LogP contribution >= 0.6 is 0 Å². The van der Waals surface area contributed by atoms with Gasteiger partial charge in [-0.1, -0.05) is 6.42 Å². The highest BCUT2D eigenvalue weighted by Gasteiger charge is 2.34. The van der Waals surface area contributed by atoms with E-state index in [4.69, 9.17) is 0 Å². The second kappa shape index (κ2) is 5.18. The maximum absolute atomic E-state index is 11.6. The molecule has 1 saturated carbocycles. The zero-order valence-electron chi connectivity index (χ0n) is 10.0. The molecule has 1 aromatic heterocycles. The fourth-order valence-electron chi connectivity index (χ4n) is 2.47. The summed E-state index contributed by atoms with van der Waals surface area (Å²) in [4.78, 5) is 3.97. The van der Waals surface area contributed by atoms with Crippen molar-refractivity contribution >= 4 is 9.84 Å². The molecule has 1 aliphatic carbocycles. The Morgan fingerprint density at radius 3 is 2.94 bits per heavy atom.